The van der Waals surface area contributed by atoms with Crippen LogP contribution in [0.15, 0.2) is 30.3 Å². The number of hydrogen-bond acceptors (Lipinski definition) is 3. The minimum atomic E-state index is -0.176. The van der Waals surface area contributed by atoms with Gasteiger partial charge in [-0.25, -0.2) is 0 Å². The number of rotatable bonds is 7. The van der Waals surface area contributed by atoms with E-state index in [9.17, 15) is 4.79 Å². The quantitative estimate of drug-likeness (QED) is 0.563. The standard InChI is InChI=1S/C13H19NO2/c1-2-9-14-11-13(15)16-10-8-12-6-4-3-5-7-12/h3-7,14H,2,8-11H2,1H3. The molecule has 0 bridgehead atoms. The van der Waals surface area contributed by atoms with Crippen LogP contribution in [0.3, 0.4) is 0 Å². The third kappa shape index (κ3) is 5.51. The highest BCUT2D eigenvalue weighted by Crippen LogP contribution is 1.99. The minimum Gasteiger partial charge on any atom is -0.464 e. The van der Waals surface area contributed by atoms with E-state index in [1.807, 2.05) is 30.3 Å². The van der Waals surface area contributed by atoms with E-state index in [4.69, 9.17) is 4.74 Å². The van der Waals surface area contributed by atoms with Crippen molar-refractivity contribution >= 4 is 5.97 Å². The molecule has 0 aliphatic heterocycles. The first kappa shape index (κ1) is 12.7. The van der Waals surface area contributed by atoms with Gasteiger partial charge in [0, 0.05) is 6.42 Å². The van der Waals surface area contributed by atoms with Crippen LogP contribution >= 0.6 is 0 Å². The van der Waals surface area contributed by atoms with E-state index < -0.39 is 0 Å². The zero-order valence-electron chi connectivity index (χ0n) is 9.74. The average molecular weight is 221 g/mol. The van der Waals surface area contributed by atoms with Gasteiger partial charge in [0.1, 0.15) is 0 Å². The Bertz CT molecular complexity index is 298. The maximum Gasteiger partial charge on any atom is 0.319 e. The van der Waals surface area contributed by atoms with Crippen molar-refractivity contribution in [3.05, 3.63) is 35.9 Å². The van der Waals surface area contributed by atoms with Crippen LogP contribution in [0.1, 0.15) is 18.9 Å². The second-order valence-corrected chi connectivity index (χ2v) is 3.63. The van der Waals surface area contributed by atoms with Gasteiger partial charge in [0.2, 0.25) is 0 Å². The zero-order valence-corrected chi connectivity index (χ0v) is 9.74. The third-order valence-corrected chi connectivity index (χ3v) is 2.19. The van der Waals surface area contributed by atoms with Crippen LogP contribution in [0.2, 0.25) is 0 Å². The fourth-order valence-electron chi connectivity index (χ4n) is 1.35. The maximum atomic E-state index is 11.2. The molecule has 0 aromatic heterocycles. The summed E-state index contributed by atoms with van der Waals surface area (Å²) >= 11 is 0. The molecular formula is C13H19NO2. The highest BCUT2D eigenvalue weighted by Gasteiger charge is 2.01. The predicted molar refractivity (Wildman–Crippen MR) is 64.3 cm³/mol. The molecule has 1 aromatic carbocycles. The van der Waals surface area contributed by atoms with Crippen molar-refractivity contribution in [1.29, 1.82) is 0 Å². The Labute approximate surface area is 96.8 Å². The van der Waals surface area contributed by atoms with Crippen molar-refractivity contribution in [3.8, 4) is 0 Å². The number of carbonyl (C=O) groups is 1. The van der Waals surface area contributed by atoms with Gasteiger partial charge in [-0.2, -0.15) is 0 Å². The molecule has 1 rings (SSSR count). The monoisotopic (exact) mass is 221 g/mol. The van der Waals surface area contributed by atoms with Crippen molar-refractivity contribution in [1.82, 2.24) is 5.32 Å². The Kier molecular flexibility index (Phi) is 6.26. The van der Waals surface area contributed by atoms with E-state index in [1.165, 1.54) is 5.56 Å². The van der Waals surface area contributed by atoms with Crippen molar-refractivity contribution in [2.24, 2.45) is 0 Å². The molecular weight excluding hydrogens is 202 g/mol. The van der Waals surface area contributed by atoms with Crippen molar-refractivity contribution in [2.45, 2.75) is 19.8 Å². The van der Waals surface area contributed by atoms with Gasteiger partial charge in [-0.05, 0) is 18.5 Å². The molecule has 0 heterocycles. The number of carbonyl (C=O) groups excluding carboxylic acids is 1. The smallest absolute Gasteiger partial charge is 0.319 e. The number of hydrogen-bond donors (Lipinski definition) is 1. The highest BCUT2D eigenvalue weighted by molar-refractivity contribution is 5.71. The average Bonchev–Trinajstić information content (AvgIpc) is 2.31. The van der Waals surface area contributed by atoms with Crippen LogP contribution in [0.4, 0.5) is 0 Å². The molecule has 16 heavy (non-hydrogen) atoms. The molecule has 0 saturated carbocycles. The molecule has 88 valence electrons. The lowest BCUT2D eigenvalue weighted by atomic mass is 10.2. The molecule has 0 amide bonds. The van der Waals surface area contributed by atoms with Crippen LogP contribution in [0, 0.1) is 0 Å². The summed E-state index contributed by atoms with van der Waals surface area (Å²) in [6.45, 7) is 3.68. The van der Waals surface area contributed by atoms with Gasteiger partial charge in [0.05, 0.1) is 13.2 Å². The summed E-state index contributed by atoms with van der Waals surface area (Å²) in [5.41, 5.74) is 1.19. The second-order valence-electron chi connectivity index (χ2n) is 3.63. The van der Waals surface area contributed by atoms with Crippen molar-refractivity contribution < 1.29 is 9.53 Å². The van der Waals surface area contributed by atoms with Crippen LogP contribution < -0.4 is 5.32 Å². The normalized spacial score (nSPS) is 10.1. The molecule has 0 aliphatic rings. The fraction of sp³-hybridized carbons (Fsp3) is 0.462. The van der Waals surface area contributed by atoms with E-state index in [0.29, 0.717) is 13.2 Å². The van der Waals surface area contributed by atoms with E-state index in [1.54, 1.807) is 0 Å². The number of nitrogens with one attached hydrogen (secondary N) is 1. The van der Waals surface area contributed by atoms with Gasteiger partial charge in [-0.3, -0.25) is 4.79 Å². The van der Waals surface area contributed by atoms with E-state index in [0.717, 1.165) is 19.4 Å². The molecule has 1 aromatic rings. The maximum absolute atomic E-state index is 11.2. The van der Waals surface area contributed by atoms with Crippen molar-refractivity contribution in [3.63, 3.8) is 0 Å². The second kappa shape index (κ2) is 7.88. The van der Waals surface area contributed by atoms with Crippen LogP contribution in [-0.2, 0) is 16.0 Å². The molecule has 3 nitrogen and oxygen atoms in total. The summed E-state index contributed by atoms with van der Waals surface area (Å²) in [7, 11) is 0. The molecule has 0 aliphatic carbocycles. The summed E-state index contributed by atoms with van der Waals surface area (Å²) in [6, 6.07) is 10.0. The fourth-order valence-corrected chi connectivity index (χ4v) is 1.35. The predicted octanol–water partition coefficient (Wildman–Crippen LogP) is 1.77. The topological polar surface area (TPSA) is 38.3 Å². The van der Waals surface area contributed by atoms with Gasteiger partial charge in [-0.1, -0.05) is 37.3 Å². The Hall–Kier alpha value is -1.35. The first-order chi connectivity index (χ1) is 7.83. The van der Waals surface area contributed by atoms with Crippen LogP contribution in [0.25, 0.3) is 0 Å². The lowest BCUT2D eigenvalue weighted by molar-refractivity contribution is -0.142. The van der Waals surface area contributed by atoms with Crippen LogP contribution in [-0.4, -0.2) is 25.7 Å². The lowest BCUT2D eigenvalue weighted by Gasteiger charge is -2.05. The van der Waals surface area contributed by atoms with Gasteiger partial charge < -0.3 is 10.1 Å². The van der Waals surface area contributed by atoms with Gasteiger partial charge >= 0.3 is 5.97 Å². The molecule has 0 spiro atoms. The summed E-state index contributed by atoms with van der Waals surface area (Å²) in [4.78, 5) is 11.2. The highest BCUT2D eigenvalue weighted by atomic mass is 16.5. The van der Waals surface area contributed by atoms with Gasteiger partial charge in [0.25, 0.3) is 0 Å². The molecule has 0 radical (unpaired) electrons. The van der Waals surface area contributed by atoms with Gasteiger partial charge in [0.15, 0.2) is 0 Å². The number of benzene rings is 1. The first-order valence-electron chi connectivity index (χ1n) is 5.73. The molecule has 1 N–H and O–H groups in total. The minimum absolute atomic E-state index is 0.176. The number of esters is 1. The van der Waals surface area contributed by atoms with Crippen LogP contribution in [0.5, 0.6) is 0 Å². The molecule has 0 fully saturated rings. The molecule has 0 atom stereocenters. The number of ether oxygens (including phenoxy) is 1. The largest absolute Gasteiger partial charge is 0.464 e. The summed E-state index contributed by atoms with van der Waals surface area (Å²) in [5, 5.41) is 3.01. The molecule has 0 unspecified atom stereocenters. The molecule has 0 saturated heterocycles. The van der Waals surface area contributed by atoms with Gasteiger partial charge in [-0.15, -0.1) is 0 Å². The Balaban J connectivity index is 2.09. The van der Waals surface area contributed by atoms with E-state index in [2.05, 4.69) is 12.2 Å². The zero-order chi connectivity index (χ0) is 11.6. The SMILES string of the molecule is CCCNCC(=O)OCCc1ccccc1. The summed E-state index contributed by atoms with van der Waals surface area (Å²) < 4.78 is 5.09. The summed E-state index contributed by atoms with van der Waals surface area (Å²) in [6.07, 6.45) is 1.80. The Morgan fingerprint density at radius 2 is 2.06 bits per heavy atom. The van der Waals surface area contributed by atoms with E-state index >= 15 is 0 Å². The molecule has 3 heteroatoms. The van der Waals surface area contributed by atoms with E-state index in [-0.39, 0.29) is 5.97 Å². The van der Waals surface area contributed by atoms with Crippen molar-refractivity contribution in [2.75, 3.05) is 19.7 Å². The Morgan fingerprint density at radius 1 is 1.31 bits per heavy atom. The lowest BCUT2D eigenvalue weighted by Crippen LogP contribution is -2.25. The first-order valence-corrected chi connectivity index (χ1v) is 5.73. The summed E-state index contributed by atoms with van der Waals surface area (Å²) in [5.74, 6) is -0.176. The third-order valence-electron chi connectivity index (χ3n) is 2.19. The Morgan fingerprint density at radius 3 is 2.75 bits per heavy atom.